The van der Waals surface area contributed by atoms with Gasteiger partial charge in [-0.1, -0.05) is 0 Å². The monoisotopic (exact) mass is 318 g/mol. The third kappa shape index (κ3) is 5.18. The molecule has 1 aliphatic rings. The summed E-state index contributed by atoms with van der Waals surface area (Å²) in [6.07, 6.45) is -0.934. The van der Waals surface area contributed by atoms with Crippen molar-refractivity contribution < 1.29 is 27.8 Å². The molecule has 0 aromatic carbocycles. The first-order valence-electron chi connectivity index (χ1n) is 6.89. The van der Waals surface area contributed by atoms with E-state index in [0.29, 0.717) is 18.4 Å². The second-order valence-corrected chi connectivity index (χ2v) is 5.44. The summed E-state index contributed by atoms with van der Waals surface area (Å²) >= 11 is 0. The van der Waals surface area contributed by atoms with Crippen molar-refractivity contribution in [3.8, 4) is 5.88 Å². The van der Waals surface area contributed by atoms with E-state index in [9.17, 15) is 23.1 Å². The predicted octanol–water partition coefficient (Wildman–Crippen LogP) is 1.94. The second-order valence-electron chi connectivity index (χ2n) is 5.44. The Hall–Kier alpha value is -1.83. The van der Waals surface area contributed by atoms with Gasteiger partial charge in [0.25, 0.3) is 0 Å². The normalized spacial score (nSPS) is 16.7. The van der Waals surface area contributed by atoms with Crippen molar-refractivity contribution in [2.45, 2.75) is 44.0 Å². The third-order valence-electron chi connectivity index (χ3n) is 3.45. The first-order chi connectivity index (χ1) is 10.3. The molecule has 1 aromatic heterocycles. The molecule has 122 valence electrons. The molecule has 0 saturated heterocycles. The molecule has 0 unspecified atom stereocenters. The maximum Gasteiger partial charge on any atom is 0.422 e. The zero-order valence-electron chi connectivity index (χ0n) is 11.8. The van der Waals surface area contributed by atoms with Gasteiger partial charge in [-0.05, 0) is 30.9 Å². The van der Waals surface area contributed by atoms with Gasteiger partial charge in [-0.3, -0.25) is 4.79 Å². The molecule has 0 bridgehead atoms. The molecular weight excluding hydrogens is 301 g/mol. The minimum absolute atomic E-state index is 0.0372. The number of aromatic nitrogens is 1. The summed E-state index contributed by atoms with van der Waals surface area (Å²) < 4.78 is 40.7. The van der Waals surface area contributed by atoms with Crippen LogP contribution in [0.4, 0.5) is 13.2 Å². The van der Waals surface area contributed by atoms with Crippen LogP contribution in [0.2, 0.25) is 0 Å². The van der Waals surface area contributed by atoms with Crippen molar-refractivity contribution in [2.75, 3.05) is 6.61 Å². The highest BCUT2D eigenvalue weighted by Gasteiger charge is 2.36. The van der Waals surface area contributed by atoms with E-state index >= 15 is 0 Å². The molecular formula is C14H17F3N2O3. The Kier molecular flexibility index (Phi) is 4.90. The number of halogens is 3. The van der Waals surface area contributed by atoms with Crippen LogP contribution in [-0.2, 0) is 11.3 Å². The lowest BCUT2D eigenvalue weighted by molar-refractivity contribution is -0.154. The molecule has 1 aliphatic carbocycles. The van der Waals surface area contributed by atoms with E-state index in [0.717, 1.165) is 6.42 Å². The lowest BCUT2D eigenvalue weighted by Gasteiger charge is -2.35. The average molecular weight is 318 g/mol. The number of amides is 1. The molecule has 5 nitrogen and oxygen atoms in total. The number of aliphatic hydroxyl groups is 1. The zero-order valence-corrected chi connectivity index (χ0v) is 11.8. The fraction of sp³-hybridized carbons (Fsp3) is 0.571. The molecule has 1 heterocycles. The van der Waals surface area contributed by atoms with Gasteiger partial charge in [-0.25, -0.2) is 4.98 Å². The number of carbonyl (C=O) groups excluding carboxylic acids is 1. The highest BCUT2D eigenvalue weighted by atomic mass is 19.4. The van der Waals surface area contributed by atoms with Gasteiger partial charge in [0.15, 0.2) is 6.61 Å². The van der Waals surface area contributed by atoms with Crippen LogP contribution in [0.15, 0.2) is 18.3 Å². The number of nitrogens with one attached hydrogen (secondary N) is 1. The van der Waals surface area contributed by atoms with Crippen LogP contribution in [0.25, 0.3) is 0 Å². The first kappa shape index (κ1) is 16.5. The Balaban J connectivity index is 1.81. The maximum atomic E-state index is 12.1. The maximum absolute atomic E-state index is 12.1. The topological polar surface area (TPSA) is 71.5 Å². The summed E-state index contributed by atoms with van der Waals surface area (Å²) in [5.74, 6) is -0.446. The number of carbonyl (C=O) groups is 1. The molecule has 1 amide bonds. The summed E-state index contributed by atoms with van der Waals surface area (Å²) in [5.41, 5.74) is -0.329. The summed E-state index contributed by atoms with van der Waals surface area (Å²) in [7, 11) is 0. The SMILES string of the molecule is O=C(CC1(O)CCC1)NCc1ccnc(OCC(F)(F)F)c1. The van der Waals surface area contributed by atoms with Gasteiger partial charge in [0.1, 0.15) is 0 Å². The van der Waals surface area contributed by atoms with Crippen LogP contribution < -0.4 is 10.1 Å². The molecule has 0 aliphatic heterocycles. The van der Waals surface area contributed by atoms with E-state index in [4.69, 9.17) is 0 Å². The smallest absolute Gasteiger partial charge is 0.422 e. The van der Waals surface area contributed by atoms with E-state index in [1.165, 1.54) is 12.3 Å². The van der Waals surface area contributed by atoms with E-state index < -0.39 is 18.4 Å². The van der Waals surface area contributed by atoms with Crippen molar-refractivity contribution in [2.24, 2.45) is 0 Å². The van der Waals surface area contributed by atoms with Crippen LogP contribution in [-0.4, -0.2) is 34.4 Å². The van der Waals surface area contributed by atoms with Crippen molar-refractivity contribution in [3.05, 3.63) is 23.9 Å². The molecule has 0 spiro atoms. The third-order valence-corrected chi connectivity index (χ3v) is 3.45. The molecule has 22 heavy (non-hydrogen) atoms. The van der Waals surface area contributed by atoms with Gasteiger partial charge in [-0.15, -0.1) is 0 Å². The molecule has 0 radical (unpaired) electrons. The van der Waals surface area contributed by atoms with Gasteiger partial charge < -0.3 is 15.2 Å². The fourth-order valence-electron chi connectivity index (χ4n) is 2.12. The number of hydrogen-bond acceptors (Lipinski definition) is 4. The predicted molar refractivity (Wildman–Crippen MR) is 71.1 cm³/mol. The summed E-state index contributed by atoms with van der Waals surface area (Å²) in [6.45, 7) is -1.28. The summed E-state index contributed by atoms with van der Waals surface area (Å²) in [4.78, 5) is 15.4. The first-order valence-corrected chi connectivity index (χ1v) is 6.89. The van der Waals surface area contributed by atoms with Gasteiger partial charge in [-0.2, -0.15) is 13.2 Å². The van der Waals surface area contributed by atoms with Gasteiger partial charge >= 0.3 is 6.18 Å². The van der Waals surface area contributed by atoms with Gasteiger partial charge in [0.05, 0.1) is 12.0 Å². The number of alkyl halides is 3. The van der Waals surface area contributed by atoms with E-state index in [1.807, 2.05) is 0 Å². The Morgan fingerprint density at radius 3 is 2.77 bits per heavy atom. The average Bonchev–Trinajstić information content (AvgIpc) is 2.41. The molecule has 1 saturated carbocycles. The Labute approximate surface area is 125 Å². The van der Waals surface area contributed by atoms with Crippen LogP contribution in [0.3, 0.4) is 0 Å². The molecule has 1 fully saturated rings. The van der Waals surface area contributed by atoms with Crippen LogP contribution in [0, 0.1) is 0 Å². The number of hydrogen-bond donors (Lipinski definition) is 2. The van der Waals surface area contributed by atoms with Crippen LogP contribution in [0.5, 0.6) is 5.88 Å². The highest BCUT2D eigenvalue weighted by Crippen LogP contribution is 2.34. The zero-order chi connectivity index (χ0) is 16.2. The minimum atomic E-state index is -4.43. The second kappa shape index (κ2) is 6.51. The molecule has 2 rings (SSSR count). The van der Waals surface area contributed by atoms with E-state index in [2.05, 4.69) is 15.0 Å². The largest absolute Gasteiger partial charge is 0.468 e. The standard InChI is InChI=1S/C14H17F3N2O3/c15-14(16,17)9-22-12-6-10(2-5-18-12)8-19-11(20)7-13(21)3-1-4-13/h2,5-6,21H,1,3-4,7-9H2,(H,19,20). The molecule has 8 heteroatoms. The number of pyridine rings is 1. The lowest BCUT2D eigenvalue weighted by Crippen LogP contribution is -2.42. The number of rotatable bonds is 6. The van der Waals surface area contributed by atoms with Crippen molar-refractivity contribution in [1.82, 2.24) is 10.3 Å². The Morgan fingerprint density at radius 2 is 2.18 bits per heavy atom. The van der Waals surface area contributed by atoms with Crippen LogP contribution >= 0.6 is 0 Å². The highest BCUT2D eigenvalue weighted by molar-refractivity contribution is 5.77. The molecule has 1 aromatic rings. The number of ether oxygens (including phenoxy) is 1. The van der Waals surface area contributed by atoms with Crippen molar-refractivity contribution in [1.29, 1.82) is 0 Å². The summed E-state index contributed by atoms with van der Waals surface area (Å²) in [5, 5.41) is 12.5. The fourth-order valence-corrected chi connectivity index (χ4v) is 2.12. The number of nitrogens with zero attached hydrogens (tertiary/aromatic N) is 1. The van der Waals surface area contributed by atoms with Crippen LogP contribution in [0.1, 0.15) is 31.2 Å². The van der Waals surface area contributed by atoms with Gasteiger partial charge in [0.2, 0.25) is 11.8 Å². The lowest BCUT2D eigenvalue weighted by atomic mass is 9.78. The van der Waals surface area contributed by atoms with Gasteiger partial charge in [0, 0.05) is 18.8 Å². The Bertz CT molecular complexity index is 530. The Morgan fingerprint density at radius 1 is 1.45 bits per heavy atom. The van der Waals surface area contributed by atoms with E-state index in [-0.39, 0.29) is 24.8 Å². The minimum Gasteiger partial charge on any atom is -0.468 e. The quantitative estimate of drug-likeness (QED) is 0.841. The van der Waals surface area contributed by atoms with Crippen molar-refractivity contribution >= 4 is 5.91 Å². The van der Waals surface area contributed by atoms with Crippen molar-refractivity contribution in [3.63, 3.8) is 0 Å². The molecule has 2 N–H and O–H groups in total. The summed E-state index contributed by atoms with van der Waals surface area (Å²) in [6, 6.07) is 2.91. The van der Waals surface area contributed by atoms with E-state index in [1.54, 1.807) is 6.07 Å². The molecule has 0 atom stereocenters.